The number of nitrogens with one attached hydrogen (secondary N) is 3. The first-order valence-corrected chi connectivity index (χ1v) is 12.6. The van der Waals surface area contributed by atoms with Gasteiger partial charge in [0, 0.05) is 24.4 Å². The molecule has 36 heavy (non-hydrogen) atoms. The molecule has 1 saturated carbocycles. The van der Waals surface area contributed by atoms with E-state index in [-0.39, 0.29) is 16.3 Å². The van der Waals surface area contributed by atoms with E-state index < -0.39 is 38.1 Å². The van der Waals surface area contributed by atoms with Crippen LogP contribution in [-0.4, -0.2) is 35.4 Å². The van der Waals surface area contributed by atoms with Crippen LogP contribution in [0.25, 0.3) is 22.8 Å². The van der Waals surface area contributed by atoms with Crippen molar-refractivity contribution in [2.75, 3.05) is 17.1 Å². The average Bonchev–Trinajstić information content (AvgIpc) is 3.56. The number of imidazole rings is 1. The highest BCUT2D eigenvalue weighted by molar-refractivity contribution is 7.92. The largest absolute Gasteiger partial charge is 0.357 e. The summed E-state index contributed by atoms with van der Waals surface area (Å²) in [5.74, 6) is -2.33. The zero-order valence-electron chi connectivity index (χ0n) is 18.6. The third kappa shape index (κ3) is 4.49. The molecule has 0 radical (unpaired) electrons. The van der Waals surface area contributed by atoms with Crippen molar-refractivity contribution in [3.8, 4) is 22.8 Å². The molecule has 4 aromatic rings. The predicted octanol–water partition coefficient (Wildman–Crippen LogP) is 5.32. The molecule has 1 aliphatic carbocycles. The molecule has 13 heteroatoms. The highest BCUT2D eigenvalue weighted by Gasteiger charge is 2.29. The van der Waals surface area contributed by atoms with Crippen molar-refractivity contribution in [1.29, 1.82) is 0 Å². The lowest BCUT2D eigenvalue weighted by Gasteiger charge is -2.13. The topological polar surface area (TPSA) is 113 Å². The summed E-state index contributed by atoms with van der Waals surface area (Å²) in [5.41, 5.74) is 1.45. The molecule has 0 aliphatic heterocycles. The minimum Gasteiger partial charge on any atom is -0.357 e. The predicted molar refractivity (Wildman–Crippen MR) is 129 cm³/mol. The van der Waals surface area contributed by atoms with Gasteiger partial charge in [-0.2, -0.15) is 0 Å². The van der Waals surface area contributed by atoms with E-state index in [9.17, 15) is 21.6 Å². The summed E-state index contributed by atoms with van der Waals surface area (Å²) in [7, 11) is -3.08. The van der Waals surface area contributed by atoms with Crippen molar-refractivity contribution >= 4 is 33.3 Å². The summed E-state index contributed by atoms with van der Waals surface area (Å²) in [5, 5.41) is 2.68. The summed E-state index contributed by atoms with van der Waals surface area (Å²) in [6, 6.07) is 4.52. The molecular weight excluding hydrogens is 517 g/mol. The number of sulfonamides is 1. The first-order valence-electron chi connectivity index (χ1n) is 10.7. The monoisotopic (exact) mass is 534 g/mol. The molecule has 0 bridgehead atoms. The lowest BCUT2D eigenvalue weighted by Crippen LogP contribution is -2.17. The third-order valence-electron chi connectivity index (χ3n) is 5.62. The SMILES string of the molecule is CNc1ncc(C2CC2)c(-c2ncc(-c3cc(F)cc(NS(=O)(=O)c4c(F)cccc4F)c3Cl)[nH]2)n1. The Hall–Kier alpha value is -3.64. The summed E-state index contributed by atoms with van der Waals surface area (Å²) in [6.45, 7) is 0. The summed E-state index contributed by atoms with van der Waals surface area (Å²) < 4.78 is 70.1. The summed E-state index contributed by atoms with van der Waals surface area (Å²) >= 11 is 6.42. The van der Waals surface area contributed by atoms with Crippen LogP contribution >= 0.6 is 11.6 Å². The molecule has 0 amide bonds. The van der Waals surface area contributed by atoms with Gasteiger partial charge in [-0.1, -0.05) is 17.7 Å². The molecule has 1 fully saturated rings. The van der Waals surface area contributed by atoms with Gasteiger partial charge < -0.3 is 10.3 Å². The van der Waals surface area contributed by atoms with Crippen LogP contribution in [0.15, 0.2) is 47.6 Å². The highest BCUT2D eigenvalue weighted by atomic mass is 35.5. The normalized spacial score (nSPS) is 13.6. The maximum Gasteiger partial charge on any atom is 0.267 e. The van der Waals surface area contributed by atoms with Crippen LogP contribution in [0.1, 0.15) is 24.3 Å². The Morgan fingerprint density at radius 2 is 1.81 bits per heavy atom. The second-order valence-electron chi connectivity index (χ2n) is 8.14. The van der Waals surface area contributed by atoms with Gasteiger partial charge in [0.2, 0.25) is 5.95 Å². The van der Waals surface area contributed by atoms with E-state index in [1.165, 1.54) is 6.20 Å². The van der Waals surface area contributed by atoms with Crippen LogP contribution in [0.3, 0.4) is 0 Å². The second kappa shape index (κ2) is 9.10. The molecular formula is C23H18ClF3N6O2S. The molecule has 0 saturated heterocycles. The van der Waals surface area contributed by atoms with Crippen LogP contribution in [-0.2, 0) is 10.0 Å². The number of halogens is 4. The van der Waals surface area contributed by atoms with Gasteiger partial charge in [0.15, 0.2) is 10.7 Å². The molecule has 2 heterocycles. The zero-order chi connectivity index (χ0) is 25.6. The fourth-order valence-corrected chi connectivity index (χ4v) is 5.28. The van der Waals surface area contributed by atoms with E-state index in [1.807, 2.05) is 4.72 Å². The van der Waals surface area contributed by atoms with Crippen molar-refractivity contribution in [2.45, 2.75) is 23.7 Å². The first kappa shape index (κ1) is 24.1. The zero-order valence-corrected chi connectivity index (χ0v) is 20.2. The van der Waals surface area contributed by atoms with Gasteiger partial charge in [-0.15, -0.1) is 0 Å². The average molecular weight is 535 g/mol. The molecule has 2 aromatic carbocycles. The molecule has 8 nitrogen and oxygen atoms in total. The van der Waals surface area contributed by atoms with Gasteiger partial charge in [-0.3, -0.25) is 4.72 Å². The van der Waals surface area contributed by atoms with Crippen molar-refractivity contribution in [3.63, 3.8) is 0 Å². The number of hydrogen-bond donors (Lipinski definition) is 3. The van der Waals surface area contributed by atoms with E-state index >= 15 is 0 Å². The Labute approximate surface area is 209 Å². The molecule has 186 valence electrons. The lowest BCUT2D eigenvalue weighted by atomic mass is 10.1. The quantitative estimate of drug-likeness (QED) is 0.296. The number of rotatable bonds is 7. The number of benzene rings is 2. The third-order valence-corrected chi connectivity index (χ3v) is 7.44. The molecule has 2 aromatic heterocycles. The number of H-pyrrole nitrogens is 1. The smallest absolute Gasteiger partial charge is 0.267 e. The van der Waals surface area contributed by atoms with Crippen molar-refractivity contribution < 1.29 is 21.6 Å². The van der Waals surface area contributed by atoms with E-state index in [4.69, 9.17) is 11.6 Å². The molecule has 0 spiro atoms. The molecule has 1 aliphatic rings. The number of anilines is 2. The Bertz CT molecular complexity index is 1570. The van der Waals surface area contributed by atoms with E-state index in [0.717, 1.165) is 48.7 Å². The Morgan fingerprint density at radius 3 is 2.47 bits per heavy atom. The van der Waals surface area contributed by atoms with Crippen LogP contribution in [0.4, 0.5) is 24.8 Å². The Morgan fingerprint density at radius 1 is 1.08 bits per heavy atom. The van der Waals surface area contributed by atoms with Crippen LogP contribution in [0, 0.1) is 17.5 Å². The van der Waals surface area contributed by atoms with Crippen molar-refractivity contribution in [3.05, 3.63) is 70.8 Å². The van der Waals surface area contributed by atoms with E-state index in [1.54, 1.807) is 13.2 Å². The van der Waals surface area contributed by atoms with Gasteiger partial charge in [0.05, 0.1) is 22.6 Å². The number of hydrogen-bond acceptors (Lipinski definition) is 6. The Kier molecular flexibility index (Phi) is 6.08. The lowest BCUT2D eigenvalue weighted by molar-refractivity contribution is 0.521. The van der Waals surface area contributed by atoms with Gasteiger partial charge in [-0.05, 0) is 43.0 Å². The van der Waals surface area contributed by atoms with E-state index in [0.29, 0.717) is 23.4 Å². The minimum absolute atomic E-state index is 0.0815. The highest BCUT2D eigenvalue weighted by Crippen LogP contribution is 2.44. The Balaban J connectivity index is 1.54. The van der Waals surface area contributed by atoms with Crippen molar-refractivity contribution in [2.24, 2.45) is 0 Å². The van der Waals surface area contributed by atoms with Crippen LogP contribution in [0.5, 0.6) is 0 Å². The number of nitrogens with zero attached hydrogens (tertiary/aromatic N) is 3. The minimum atomic E-state index is -4.77. The van der Waals surface area contributed by atoms with Crippen LogP contribution < -0.4 is 10.0 Å². The summed E-state index contributed by atoms with van der Waals surface area (Å²) in [4.78, 5) is 15.0. The number of aromatic amines is 1. The maximum atomic E-state index is 14.5. The molecule has 5 rings (SSSR count). The second-order valence-corrected chi connectivity index (χ2v) is 10.1. The molecule has 0 atom stereocenters. The molecule has 0 unspecified atom stereocenters. The van der Waals surface area contributed by atoms with Gasteiger partial charge in [0.25, 0.3) is 10.0 Å². The van der Waals surface area contributed by atoms with Gasteiger partial charge >= 0.3 is 0 Å². The van der Waals surface area contributed by atoms with Gasteiger partial charge in [0.1, 0.15) is 23.1 Å². The van der Waals surface area contributed by atoms with E-state index in [2.05, 4.69) is 25.3 Å². The van der Waals surface area contributed by atoms with Crippen molar-refractivity contribution in [1.82, 2.24) is 19.9 Å². The maximum absolute atomic E-state index is 14.5. The van der Waals surface area contributed by atoms with Crippen LogP contribution in [0.2, 0.25) is 5.02 Å². The molecule has 3 N–H and O–H groups in total. The fraction of sp³-hybridized carbons (Fsp3) is 0.174. The standard InChI is InChI=1S/C23H18ClF3N6O2S/c1-28-23-30-9-14(11-5-6-11)20(32-23)22-29-10-18(31-22)13-7-12(25)8-17(19(13)24)33-36(34,35)21-15(26)3-2-4-16(21)27/h2-4,7-11,33H,5-6H2,1H3,(H,29,31)(H,28,30,32). The number of aromatic nitrogens is 4. The fourth-order valence-electron chi connectivity index (χ4n) is 3.77. The first-order chi connectivity index (χ1) is 17.2. The van der Waals surface area contributed by atoms with Gasteiger partial charge in [-0.25, -0.2) is 36.5 Å². The summed E-state index contributed by atoms with van der Waals surface area (Å²) in [6.07, 6.45) is 5.15.